The third-order valence-corrected chi connectivity index (χ3v) is 14.7. The van der Waals surface area contributed by atoms with Crippen LogP contribution in [-0.2, 0) is 40.5 Å². The summed E-state index contributed by atoms with van der Waals surface area (Å²) in [5, 5.41) is 20.0. The zero-order valence-corrected chi connectivity index (χ0v) is 35.2. The molecule has 330 valence electrons. The number of amides is 1. The molecule has 4 aliphatic rings. The topological polar surface area (TPSA) is 184 Å². The number of aromatic nitrogens is 3. The number of β-amino-alcohol motifs (C(OH)–C–C–N with tert-alkyl or cyclic N) is 1. The molecule has 2 aliphatic carbocycles. The van der Waals surface area contributed by atoms with Crippen molar-refractivity contribution < 1.29 is 49.8 Å². The zero-order valence-electron chi connectivity index (χ0n) is 34.3. The van der Waals surface area contributed by atoms with Gasteiger partial charge in [0, 0.05) is 38.3 Å². The van der Waals surface area contributed by atoms with Crippen molar-refractivity contribution in [2.75, 3.05) is 33.3 Å². The number of alkyl halides is 3. The van der Waals surface area contributed by atoms with Crippen LogP contribution in [0.1, 0.15) is 78.8 Å². The number of fused-ring (bicyclic) bond motifs is 2. The number of carbonyl (C=O) groups excluding carboxylic acids is 1. The number of nitrogens with zero attached hydrogens (tertiary/aromatic N) is 6. The molecular weight excluding hydrogens is 847 g/mol. The number of nitrogens with one attached hydrogen (secondary N) is 1. The van der Waals surface area contributed by atoms with E-state index in [-0.39, 0.29) is 59.2 Å². The summed E-state index contributed by atoms with van der Waals surface area (Å²) in [5.74, 6) is -2.61. The molecule has 2 N–H and O–H groups in total. The molecule has 19 heteroatoms. The lowest BCUT2D eigenvalue weighted by atomic mass is 9.95. The zero-order chi connectivity index (χ0) is 44.4. The Bertz CT molecular complexity index is 2790. The average molecular weight is 890 g/mol. The van der Waals surface area contributed by atoms with E-state index in [1.54, 1.807) is 54.3 Å². The number of aliphatic hydroxyl groups is 1. The van der Waals surface area contributed by atoms with Crippen molar-refractivity contribution in [3.63, 3.8) is 0 Å². The summed E-state index contributed by atoms with van der Waals surface area (Å²) in [6.45, 7) is 3.60. The van der Waals surface area contributed by atoms with Crippen LogP contribution in [0.15, 0.2) is 52.9 Å². The number of oxazole rings is 1. The summed E-state index contributed by atoms with van der Waals surface area (Å²) in [7, 11) is -2.47. The van der Waals surface area contributed by atoms with Crippen LogP contribution in [0.5, 0.6) is 11.8 Å². The number of halogens is 4. The molecule has 9 rings (SSSR count). The predicted molar refractivity (Wildman–Crippen MR) is 219 cm³/mol. The molecule has 5 aromatic rings. The van der Waals surface area contributed by atoms with E-state index in [1.165, 1.54) is 13.2 Å². The summed E-state index contributed by atoms with van der Waals surface area (Å²) < 4.78 is 104. The minimum atomic E-state index is -4.90. The van der Waals surface area contributed by atoms with Gasteiger partial charge in [-0.1, -0.05) is 30.3 Å². The van der Waals surface area contributed by atoms with Crippen molar-refractivity contribution >= 4 is 27.0 Å². The molecule has 3 atom stereocenters. The molecule has 63 heavy (non-hydrogen) atoms. The Morgan fingerprint density at radius 3 is 2.44 bits per heavy atom. The third kappa shape index (κ3) is 8.20. The van der Waals surface area contributed by atoms with Crippen molar-refractivity contribution in [1.29, 1.82) is 5.26 Å². The highest BCUT2D eigenvalue weighted by molar-refractivity contribution is 7.91. The molecule has 4 heterocycles. The van der Waals surface area contributed by atoms with Gasteiger partial charge in [-0.3, -0.25) is 19.3 Å². The molecule has 1 amide bonds. The second-order valence-electron chi connectivity index (χ2n) is 17.0. The van der Waals surface area contributed by atoms with E-state index in [2.05, 4.69) is 25.7 Å². The minimum Gasteiger partial charge on any atom is -0.480 e. The van der Waals surface area contributed by atoms with E-state index in [1.807, 2.05) is 4.90 Å². The van der Waals surface area contributed by atoms with Crippen molar-refractivity contribution in [3.05, 3.63) is 88.0 Å². The first-order valence-electron chi connectivity index (χ1n) is 20.7. The van der Waals surface area contributed by atoms with Crippen LogP contribution in [0, 0.1) is 23.1 Å². The fourth-order valence-corrected chi connectivity index (χ4v) is 10.1. The SMILES string of the molecule is COc1nc(O[C@@H]2CCc3c(-c4cccc(-c5nc6cc(CN7CC[C@@H](C(=O)NS(=O)(=O)C8(C)CC8)C7)cc(C#N)c6o5)c4F)cccc32)c(C(F)(F)F)nc1CN1CC[C@@H](O)C1. The van der Waals surface area contributed by atoms with E-state index in [9.17, 15) is 36.8 Å². The van der Waals surface area contributed by atoms with E-state index < -0.39 is 62.4 Å². The first-order valence-corrected chi connectivity index (χ1v) is 22.1. The molecule has 2 aliphatic heterocycles. The van der Waals surface area contributed by atoms with Crippen LogP contribution < -0.4 is 14.2 Å². The van der Waals surface area contributed by atoms with Gasteiger partial charge in [0.25, 0.3) is 0 Å². The van der Waals surface area contributed by atoms with Gasteiger partial charge in [-0.15, -0.1) is 0 Å². The summed E-state index contributed by atoms with van der Waals surface area (Å²) in [6.07, 6.45) is -3.72. The Hall–Kier alpha value is -5.68. The molecule has 14 nitrogen and oxygen atoms in total. The average Bonchev–Trinajstić information content (AvgIpc) is 3.69. The lowest BCUT2D eigenvalue weighted by Gasteiger charge is -2.21. The first kappa shape index (κ1) is 42.6. The van der Waals surface area contributed by atoms with Crippen molar-refractivity contribution in [1.82, 2.24) is 29.5 Å². The molecule has 2 saturated heterocycles. The van der Waals surface area contributed by atoms with E-state index >= 15 is 4.39 Å². The van der Waals surface area contributed by atoms with Crippen LogP contribution in [-0.4, -0.2) is 88.3 Å². The molecule has 2 aromatic heterocycles. The lowest BCUT2D eigenvalue weighted by Crippen LogP contribution is -2.42. The van der Waals surface area contributed by atoms with Gasteiger partial charge in [-0.2, -0.15) is 23.4 Å². The molecule has 0 radical (unpaired) electrons. The number of sulfonamides is 1. The van der Waals surface area contributed by atoms with Crippen molar-refractivity contribution in [2.24, 2.45) is 5.92 Å². The molecule has 1 saturated carbocycles. The maximum atomic E-state index is 16.7. The highest BCUT2D eigenvalue weighted by Gasteiger charge is 2.51. The van der Waals surface area contributed by atoms with Gasteiger partial charge >= 0.3 is 6.18 Å². The Balaban J connectivity index is 0.949. The maximum Gasteiger partial charge on any atom is 0.438 e. The molecule has 0 spiro atoms. The number of hydrogen-bond donors (Lipinski definition) is 2. The Morgan fingerprint density at radius 1 is 1.00 bits per heavy atom. The summed E-state index contributed by atoms with van der Waals surface area (Å²) in [6, 6.07) is 15.4. The third-order valence-electron chi connectivity index (χ3n) is 12.5. The number of likely N-dealkylation sites (tertiary alicyclic amines) is 2. The van der Waals surface area contributed by atoms with Gasteiger partial charge in [0.15, 0.2) is 5.58 Å². The summed E-state index contributed by atoms with van der Waals surface area (Å²) in [5.41, 5.74) is 2.04. The molecule has 0 unspecified atom stereocenters. The van der Waals surface area contributed by atoms with Crippen LogP contribution >= 0.6 is 0 Å². The van der Waals surface area contributed by atoms with Crippen LogP contribution in [0.2, 0.25) is 0 Å². The summed E-state index contributed by atoms with van der Waals surface area (Å²) in [4.78, 5) is 29.3. The fourth-order valence-electron chi connectivity index (χ4n) is 8.78. The van der Waals surface area contributed by atoms with Crippen LogP contribution in [0.3, 0.4) is 0 Å². The molecule has 3 aromatic carbocycles. The van der Waals surface area contributed by atoms with E-state index in [0.29, 0.717) is 86.1 Å². The molecule has 0 bridgehead atoms. The van der Waals surface area contributed by atoms with Crippen LogP contribution in [0.4, 0.5) is 17.6 Å². The summed E-state index contributed by atoms with van der Waals surface area (Å²) >= 11 is 0. The number of aliphatic hydroxyl groups excluding tert-OH is 1. The van der Waals surface area contributed by atoms with Crippen molar-refractivity contribution in [3.8, 4) is 40.4 Å². The number of rotatable bonds is 12. The number of hydrogen-bond acceptors (Lipinski definition) is 13. The van der Waals surface area contributed by atoms with E-state index in [4.69, 9.17) is 13.9 Å². The van der Waals surface area contributed by atoms with Gasteiger partial charge < -0.3 is 19.0 Å². The largest absolute Gasteiger partial charge is 0.480 e. The Kier molecular flexibility index (Phi) is 10.9. The molecule has 3 fully saturated rings. The monoisotopic (exact) mass is 889 g/mol. The highest BCUT2D eigenvalue weighted by Crippen LogP contribution is 2.45. The second-order valence-corrected chi connectivity index (χ2v) is 19.2. The van der Waals surface area contributed by atoms with Gasteiger partial charge in [0.1, 0.15) is 29.2 Å². The van der Waals surface area contributed by atoms with Gasteiger partial charge in [-0.25, -0.2) is 22.8 Å². The minimum absolute atomic E-state index is 0.000528. The highest BCUT2D eigenvalue weighted by atomic mass is 32.2. The van der Waals surface area contributed by atoms with E-state index in [0.717, 1.165) is 0 Å². The number of methoxy groups -OCH3 is 1. The van der Waals surface area contributed by atoms with Gasteiger partial charge in [0.05, 0.1) is 35.0 Å². The maximum absolute atomic E-state index is 16.7. The number of benzene rings is 3. The van der Waals surface area contributed by atoms with Crippen LogP contribution in [0.25, 0.3) is 33.7 Å². The molecular formula is C44H43F4N7O7S. The fraction of sp³-hybridized carbons (Fsp3) is 0.432. The predicted octanol–water partition coefficient (Wildman–Crippen LogP) is 6.44. The van der Waals surface area contributed by atoms with Crippen molar-refractivity contribution in [2.45, 2.75) is 81.7 Å². The lowest BCUT2D eigenvalue weighted by molar-refractivity contribution is -0.143. The Labute approximate surface area is 359 Å². The van der Waals surface area contributed by atoms with Gasteiger partial charge in [-0.05, 0) is 92.4 Å². The first-order chi connectivity index (χ1) is 30.0. The Morgan fingerprint density at radius 2 is 1.73 bits per heavy atom. The second kappa shape index (κ2) is 16.1. The van der Waals surface area contributed by atoms with Gasteiger partial charge in [0.2, 0.25) is 39.3 Å². The standard InChI is InChI=1S/C44H43F4N7O7S/c1-43(13-14-43)63(58,59)53-39(57)25-11-15-54(21-25)20-24-17-26(19-49)37-33(18-24)51-40(62-37)32-8-4-7-31(36(32)45)28-5-3-6-30-29(28)9-10-35(30)61-42-38(44(46,47)48)50-34(41(52-42)60-2)23-55-16-12-27(56)22-55/h3-8,17-18,25,27,35,56H,9-16,20-23H2,1-2H3,(H,53,57)/t25-,27-,35-/m1/s1. The quantitative estimate of drug-likeness (QED) is 0.131. The smallest absolute Gasteiger partial charge is 0.438 e. The number of carbonyl (C=O) groups is 1. The normalized spacial score (nSPS) is 21.1. The number of nitriles is 1. The number of ether oxygens (including phenoxy) is 2.